The van der Waals surface area contributed by atoms with Gasteiger partial charge in [0.1, 0.15) is 0 Å². The number of quaternary nitrogens is 1. The Kier molecular flexibility index (Phi) is 6.43. The minimum absolute atomic E-state index is 0.0386. The molecule has 0 aliphatic carbocycles. The Morgan fingerprint density at radius 1 is 1.18 bits per heavy atom. The van der Waals surface area contributed by atoms with Gasteiger partial charge in [-0.1, -0.05) is 12.1 Å². The van der Waals surface area contributed by atoms with E-state index in [9.17, 15) is 14.4 Å². The summed E-state index contributed by atoms with van der Waals surface area (Å²) < 4.78 is 0. The molecule has 2 aromatic rings. The molecule has 0 saturated heterocycles. The van der Waals surface area contributed by atoms with Crippen molar-refractivity contribution in [1.82, 2.24) is 5.32 Å². The number of amides is 3. The van der Waals surface area contributed by atoms with E-state index in [0.717, 1.165) is 30.6 Å². The van der Waals surface area contributed by atoms with Crippen molar-refractivity contribution in [3.63, 3.8) is 0 Å². The number of likely N-dealkylation sites (N-methyl/N-ethyl adjacent to an activating group) is 1. The largest absolute Gasteiger partial charge is 0.342 e. The van der Waals surface area contributed by atoms with E-state index < -0.39 is 11.8 Å². The van der Waals surface area contributed by atoms with Gasteiger partial charge in [0.25, 0.3) is 5.91 Å². The van der Waals surface area contributed by atoms with Gasteiger partial charge < -0.3 is 20.4 Å². The van der Waals surface area contributed by atoms with Crippen LogP contribution in [0.5, 0.6) is 0 Å². The molecule has 0 radical (unpaired) electrons. The highest BCUT2D eigenvalue weighted by Gasteiger charge is 2.25. The number of carbonyl (C=O) groups excluding carboxylic acids is 3. The number of hydrogen-bond acceptors (Lipinski definition) is 4. The molecule has 1 aromatic carbocycles. The molecule has 3 rings (SSSR count). The average Bonchev–Trinajstić information content (AvgIpc) is 3.21. The molecule has 8 heteroatoms. The molecule has 0 spiro atoms. The van der Waals surface area contributed by atoms with Gasteiger partial charge in [-0.15, -0.1) is 11.3 Å². The molecule has 1 aromatic heterocycles. The fourth-order valence-electron chi connectivity index (χ4n) is 3.09. The number of rotatable bonds is 5. The van der Waals surface area contributed by atoms with Gasteiger partial charge in [-0.3, -0.25) is 14.4 Å². The Bertz CT molecular complexity index is 864. The van der Waals surface area contributed by atoms with E-state index >= 15 is 0 Å². The quantitative estimate of drug-likeness (QED) is 0.640. The summed E-state index contributed by atoms with van der Waals surface area (Å²) in [5.41, 5.74) is 2.36. The second-order valence-corrected chi connectivity index (χ2v) is 8.00. The zero-order valence-corrected chi connectivity index (χ0v) is 16.9. The predicted octanol–water partition coefficient (Wildman–Crippen LogP) is 0.540. The molecule has 0 fully saturated rings. The van der Waals surface area contributed by atoms with Gasteiger partial charge in [0.15, 0.2) is 0 Å². The van der Waals surface area contributed by atoms with Crippen LogP contribution in [0.3, 0.4) is 0 Å². The van der Waals surface area contributed by atoms with Crippen molar-refractivity contribution in [3.05, 3.63) is 46.2 Å². The lowest BCUT2D eigenvalue weighted by atomic mass is 10.0. The number of benzene rings is 1. The maximum atomic E-state index is 12.8. The molecule has 2 heterocycles. The van der Waals surface area contributed by atoms with Gasteiger partial charge in [-0.2, -0.15) is 0 Å². The molecule has 0 bridgehead atoms. The molecule has 0 atom stereocenters. The Morgan fingerprint density at radius 3 is 2.71 bits per heavy atom. The highest BCUT2D eigenvalue weighted by Crippen LogP contribution is 2.31. The van der Waals surface area contributed by atoms with Crippen LogP contribution in [0.2, 0.25) is 0 Å². The molecular weight excluding hydrogens is 376 g/mol. The number of anilines is 2. The Hall–Kier alpha value is -2.71. The van der Waals surface area contributed by atoms with E-state index in [1.807, 2.05) is 37.7 Å². The lowest BCUT2D eigenvalue weighted by molar-refractivity contribution is -0.856. The van der Waals surface area contributed by atoms with Crippen molar-refractivity contribution in [2.75, 3.05) is 43.9 Å². The van der Waals surface area contributed by atoms with E-state index in [0.29, 0.717) is 23.7 Å². The third kappa shape index (κ3) is 4.76. The Labute approximate surface area is 168 Å². The van der Waals surface area contributed by atoms with Gasteiger partial charge in [-0.25, -0.2) is 0 Å². The SMILES string of the molecule is C[NH+](C)CCNC(=O)C(=O)Nc1ccc2c(c1)N(C(=O)c1cccs1)CCC2. The van der Waals surface area contributed by atoms with Crippen LogP contribution in [-0.4, -0.2) is 51.5 Å². The van der Waals surface area contributed by atoms with E-state index in [1.54, 1.807) is 17.0 Å². The van der Waals surface area contributed by atoms with Crippen molar-refractivity contribution in [2.24, 2.45) is 0 Å². The van der Waals surface area contributed by atoms with Crippen LogP contribution >= 0.6 is 11.3 Å². The summed E-state index contributed by atoms with van der Waals surface area (Å²) in [6.45, 7) is 1.80. The first-order valence-corrected chi connectivity index (χ1v) is 10.2. The summed E-state index contributed by atoms with van der Waals surface area (Å²) >= 11 is 1.41. The van der Waals surface area contributed by atoms with Crippen LogP contribution in [0.25, 0.3) is 0 Å². The Morgan fingerprint density at radius 2 is 2.00 bits per heavy atom. The number of hydrogen-bond donors (Lipinski definition) is 3. The number of nitrogens with one attached hydrogen (secondary N) is 3. The smallest absolute Gasteiger partial charge is 0.313 e. The molecule has 148 valence electrons. The van der Waals surface area contributed by atoms with Gasteiger partial charge >= 0.3 is 11.8 Å². The third-order valence-electron chi connectivity index (χ3n) is 4.56. The van der Waals surface area contributed by atoms with E-state index in [-0.39, 0.29) is 5.91 Å². The number of nitrogens with zero attached hydrogens (tertiary/aromatic N) is 1. The van der Waals surface area contributed by atoms with Crippen molar-refractivity contribution in [3.8, 4) is 0 Å². The summed E-state index contributed by atoms with van der Waals surface area (Å²) in [5, 5.41) is 7.12. The van der Waals surface area contributed by atoms with Gasteiger partial charge in [-0.05, 0) is 42.0 Å². The van der Waals surface area contributed by atoms with Crippen molar-refractivity contribution in [2.45, 2.75) is 12.8 Å². The first kappa shape index (κ1) is 20.0. The minimum Gasteiger partial charge on any atom is -0.342 e. The maximum absolute atomic E-state index is 12.8. The van der Waals surface area contributed by atoms with E-state index in [4.69, 9.17) is 0 Å². The van der Waals surface area contributed by atoms with Gasteiger partial charge in [0.2, 0.25) is 0 Å². The molecule has 0 unspecified atom stereocenters. The zero-order valence-electron chi connectivity index (χ0n) is 16.1. The first-order valence-electron chi connectivity index (χ1n) is 9.32. The molecular formula is C20H25N4O3S+. The molecule has 3 N–H and O–H groups in total. The summed E-state index contributed by atoms with van der Waals surface area (Å²) in [6.07, 6.45) is 1.78. The van der Waals surface area contributed by atoms with Crippen molar-refractivity contribution < 1.29 is 19.3 Å². The zero-order chi connectivity index (χ0) is 20.1. The summed E-state index contributed by atoms with van der Waals surface area (Å²) in [5.74, 6) is -1.41. The second-order valence-electron chi connectivity index (χ2n) is 7.05. The van der Waals surface area contributed by atoms with Crippen molar-refractivity contribution >= 4 is 40.4 Å². The van der Waals surface area contributed by atoms with Crippen LogP contribution < -0.4 is 20.4 Å². The molecule has 1 aliphatic rings. The molecule has 1 aliphatic heterocycles. The minimum atomic E-state index is -0.708. The monoisotopic (exact) mass is 401 g/mol. The fourth-order valence-corrected chi connectivity index (χ4v) is 3.76. The van der Waals surface area contributed by atoms with Crippen LogP contribution in [0, 0.1) is 0 Å². The second kappa shape index (κ2) is 8.99. The Balaban J connectivity index is 1.71. The highest BCUT2D eigenvalue weighted by molar-refractivity contribution is 7.12. The highest BCUT2D eigenvalue weighted by atomic mass is 32.1. The summed E-state index contributed by atoms with van der Waals surface area (Å²) in [7, 11) is 3.95. The third-order valence-corrected chi connectivity index (χ3v) is 5.41. The summed E-state index contributed by atoms with van der Waals surface area (Å²) in [6, 6.07) is 9.12. The lowest BCUT2D eigenvalue weighted by Gasteiger charge is -2.29. The van der Waals surface area contributed by atoms with Crippen LogP contribution in [0.1, 0.15) is 21.7 Å². The van der Waals surface area contributed by atoms with Crippen LogP contribution in [0.4, 0.5) is 11.4 Å². The standard InChI is InChI=1S/C20H24N4O3S/c1-23(2)11-9-21-18(25)19(26)22-15-8-7-14-5-3-10-24(16(14)13-15)20(27)17-6-4-12-28-17/h4,6-8,12-13H,3,5,9-11H2,1-2H3,(H,21,25)(H,22,26)/p+1. The molecule has 28 heavy (non-hydrogen) atoms. The lowest BCUT2D eigenvalue weighted by Crippen LogP contribution is -3.06. The molecule has 3 amide bonds. The van der Waals surface area contributed by atoms with E-state index in [2.05, 4.69) is 10.6 Å². The molecule has 7 nitrogen and oxygen atoms in total. The van der Waals surface area contributed by atoms with E-state index in [1.165, 1.54) is 16.2 Å². The number of carbonyl (C=O) groups is 3. The average molecular weight is 402 g/mol. The van der Waals surface area contributed by atoms with Crippen molar-refractivity contribution in [1.29, 1.82) is 0 Å². The number of thiophene rings is 1. The number of aryl methyl sites for hydroxylation is 1. The maximum Gasteiger partial charge on any atom is 0.313 e. The van der Waals surface area contributed by atoms with Crippen LogP contribution in [-0.2, 0) is 16.0 Å². The normalized spacial score (nSPS) is 13.2. The summed E-state index contributed by atoms with van der Waals surface area (Å²) in [4.78, 5) is 40.5. The topological polar surface area (TPSA) is 82.9 Å². The van der Waals surface area contributed by atoms with Gasteiger partial charge in [0.05, 0.1) is 32.1 Å². The molecule has 0 saturated carbocycles. The number of fused-ring (bicyclic) bond motifs is 1. The first-order chi connectivity index (χ1) is 13.5. The van der Waals surface area contributed by atoms with Crippen LogP contribution in [0.15, 0.2) is 35.7 Å². The van der Waals surface area contributed by atoms with Gasteiger partial charge in [0, 0.05) is 17.9 Å². The fraction of sp³-hybridized carbons (Fsp3) is 0.350. The predicted molar refractivity (Wildman–Crippen MR) is 110 cm³/mol.